The Kier molecular flexibility index (Phi) is 5.38. The van der Waals surface area contributed by atoms with Crippen LogP contribution in [-0.4, -0.2) is 52.9 Å². The summed E-state index contributed by atoms with van der Waals surface area (Å²) >= 11 is 3.51. The van der Waals surface area contributed by atoms with Gasteiger partial charge in [-0.3, -0.25) is 0 Å². The minimum atomic E-state index is 0.971. The number of hydrogen-bond acceptors (Lipinski definition) is 4. The third-order valence-corrected chi connectivity index (χ3v) is 3.74. The van der Waals surface area contributed by atoms with Crippen LogP contribution in [0.15, 0.2) is 12.4 Å². The average molecular weight is 313 g/mol. The predicted molar refractivity (Wildman–Crippen MR) is 78.5 cm³/mol. The van der Waals surface area contributed by atoms with E-state index in [1.54, 1.807) is 6.33 Å². The number of nitrogens with zero attached hydrogens (tertiary/aromatic N) is 4. The van der Waals surface area contributed by atoms with Gasteiger partial charge in [0, 0.05) is 43.3 Å². The molecule has 0 bridgehead atoms. The van der Waals surface area contributed by atoms with Crippen LogP contribution >= 0.6 is 15.9 Å². The SMILES string of the molecule is CCc1cc(N2CCCN(CCBr)CC2)ncn1. The van der Waals surface area contributed by atoms with Crippen LogP contribution in [0.25, 0.3) is 0 Å². The van der Waals surface area contributed by atoms with Crippen LogP contribution in [0.2, 0.25) is 0 Å². The number of aromatic nitrogens is 2. The van der Waals surface area contributed by atoms with E-state index in [-0.39, 0.29) is 0 Å². The van der Waals surface area contributed by atoms with Crippen molar-refractivity contribution in [3.05, 3.63) is 18.1 Å². The molecule has 1 aromatic rings. The molecule has 1 fully saturated rings. The summed E-state index contributed by atoms with van der Waals surface area (Å²) in [6.45, 7) is 7.74. The number of alkyl halides is 1. The molecule has 0 N–H and O–H groups in total. The molecular formula is C13H21BrN4. The van der Waals surface area contributed by atoms with Crippen molar-refractivity contribution < 1.29 is 0 Å². The van der Waals surface area contributed by atoms with Gasteiger partial charge in [0.25, 0.3) is 0 Å². The summed E-state index contributed by atoms with van der Waals surface area (Å²) in [5.74, 6) is 1.09. The van der Waals surface area contributed by atoms with Gasteiger partial charge in [-0.15, -0.1) is 0 Å². The van der Waals surface area contributed by atoms with E-state index in [1.165, 1.54) is 13.0 Å². The van der Waals surface area contributed by atoms with Crippen molar-refractivity contribution in [1.29, 1.82) is 0 Å². The second-order valence-electron chi connectivity index (χ2n) is 4.59. The zero-order valence-corrected chi connectivity index (χ0v) is 12.6. The van der Waals surface area contributed by atoms with Gasteiger partial charge in [0.15, 0.2) is 0 Å². The molecule has 0 aromatic carbocycles. The van der Waals surface area contributed by atoms with Gasteiger partial charge in [-0.2, -0.15) is 0 Å². The van der Waals surface area contributed by atoms with Crippen LogP contribution in [-0.2, 0) is 6.42 Å². The molecule has 0 aliphatic carbocycles. The summed E-state index contributed by atoms with van der Waals surface area (Å²) in [6, 6.07) is 2.13. The Hall–Kier alpha value is -0.680. The Balaban J connectivity index is 2.00. The molecule has 0 atom stereocenters. The number of anilines is 1. The van der Waals surface area contributed by atoms with Gasteiger partial charge in [-0.25, -0.2) is 9.97 Å². The summed E-state index contributed by atoms with van der Waals surface area (Å²) < 4.78 is 0. The van der Waals surface area contributed by atoms with Gasteiger partial charge in [-0.05, 0) is 19.4 Å². The van der Waals surface area contributed by atoms with Crippen LogP contribution in [0.1, 0.15) is 19.0 Å². The Labute approximate surface area is 118 Å². The quantitative estimate of drug-likeness (QED) is 0.795. The molecule has 5 heteroatoms. The fourth-order valence-corrected chi connectivity index (χ4v) is 2.80. The second-order valence-corrected chi connectivity index (χ2v) is 5.39. The van der Waals surface area contributed by atoms with Gasteiger partial charge in [0.05, 0.1) is 0 Å². The standard InChI is InChI=1S/C13H21BrN4/c1-2-12-10-13(16-11-15-12)18-6-3-5-17(7-4-14)8-9-18/h10-11H,2-9H2,1H3. The van der Waals surface area contributed by atoms with E-state index in [0.717, 1.165) is 49.4 Å². The van der Waals surface area contributed by atoms with E-state index in [2.05, 4.69) is 48.7 Å². The topological polar surface area (TPSA) is 32.3 Å². The van der Waals surface area contributed by atoms with E-state index < -0.39 is 0 Å². The maximum Gasteiger partial charge on any atom is 0.132 e. The summed E-state index contributed by atoms with van der Waals surface area (Å²) in [5, 5.41) is 1.06. The summed E-state index contributed by atoms with van der Waals surface area (Å²) in [5.41, 5.74) is 1.13. The second kappa shape index (κ2) is 7.04. The van der Waals surface area contributed by atoms with Crippen molar-refractivity contribution >= 4 is 21.7 Å². The van der Waals surface area contributed by atoms with Crippen molar-refractivity contribution in [3.8, 4) is 0 Å². The fraction of sp³-hybridized carbons (Fsp3) is 0.692. The third kappa shape index (κ3) is 3.65. The number of halogens is 1. The average Bonchev–Trinajstić information content (AvgIpc) is 2.65. The van der Waals surface area contributed by atoms with Crippen molar-refractivity contribution in [2.75, 3.05) is 43.0 Å². The molecule has 0 spiro atoms. The van der Waals surface area contributed by atoms with E-state index in [9.17, 15) is 0 Å². The molecule has 0 saturated carbocycles. The molecule has 2 heterocycles. The first-order valence-corrected chi connectivity index (χ1v) is 7.80. The molecule has 18 heavy (non-hydrogen) atoms. The summed E-state index contributed by atoms with van der Waals surface area (Å²) in [6.07, 6.45) is 3.87. The first-order chi connectivity index (χ1) is 8.83. The van der Waals surface area contributed by atoms with E-state index in [1.807, 2.05) is 0 Å². The van der Waals surface area contributed by atoms with Crippen LogP contribution in [0.3, 0.4) is 0 Å². The van der Waals surface area contributed by atoms with Crippen LogP contribution < -0.4 is 4.90 Å². The summed E-state index contributed by atoms with van der Waals surface area (Å²) in [7, 11) is 0. The first-order valence-electron chi connectivity index (χ1n) is 6.67. The normalized spacial score (nSPS) is 17.8. The van der Waals surface area contributed by atoms with Gasteiger partial charge < -0.3 is 9.80 Å². The zero-order valence-electron chi connectivity index (χ0n) is 11.0. The van der Waals surface area contributed by atoms with Crippen LogP contribution in [0, 0.1) is 0 Å². The van der Waals surface area contributed by atoms with Crippen molar-refractivity contribution in [2.24, 2.45) is 0 Å². The minimum absolute atomic E-state index is 0.971. The predicted octanol–water partition coefficient (Wildman–Crippen LogP) is 1.95. The van der Waals surface area contributed by atoms with Gasteiger partial charge in [0.1, 0.15) is 12.1 Å². The lowest BCUT2D eigenvalue weighted by Crippen LogP contribution is -2.32. The fourth-order valence-electron chi connectivity index (χ4n) is 2.30. The van der Waals surface area contributed by atoms with E-state index in [4.69, 9.17) is 0 Å². The van der Waals surface area contributed by atoms with Crippen LogP contribution in [0.5, 0.6) is 0 Å². The molecular weight excluding hydrogens is 292 g/mol. The summed E-state index contributed by atoms with van der Waals surface area (Å²) in [4.78, 5) is 13.6. The van der Waals surface area contributed by atoms with Gasteiger partial charge in [-0.1, -0.05) is 22.9 Å². The highest BCUT2D eigenvalue weighted by Crippen LogP contribution is 2.14. The smallest absolute Gasteiger partial charge is 0.132 e. The Morgan fingerprint density at radius 1 is 1.22 bits per heavy atom. The highest BCUT2D eigenvalue weighted by Gasteiger charge is 2.15. The maximum absolute atomic E-state index is 4.41. The molecule has 1 aliphatic heterocycles. The highest BCUT2D eigenvalue weighted by molar-refractivity contribution is 9.09. The molecule has 100 valence electrons. The Bertz CT molecular complexity index is 372. The van der Waals surface area contributed by atoms with Crippen LogP contribution in [0.4, 0.5) is 5.82 Å². The van der Waals surface area contributed by atoms with Gasteiger partial charge >= 0.3 is 0 Å². The maximum atomic E-state index is 4.41. The zero-order chi connectivity index (χ0) is 12.8. The lowest BCUT2D eigenvalue weighted by Gasteiger charge is -2.22. The lowest BCUT2D eigenvalue weighted by molar-refractivity contribution is 0.313. The molecule has 0 radical (unpaired) electrons. The Morgan fingerprint density at radius 3 is 2.89 bits per heavy atom. The minimum Gasteiger partial charge on any atom is -0.355 e. The number of hydrogen-bond donors (Lipinski definition) is 0. The van der Waals surface area contributed by atoms with E-state index >= 15 is 0 Å². The largest absolute Gasteiger partial charge is 0.355 e. The molecule has 1 aliphatic rings. The molecule has 1 aromatic heterocycles. The first kappa shape index (κ1) is 13.7. The highest BCUT2D eigenvalue weighted by atomic mass is 79.9. The number of aryl methyl sites for hydroxylation is 1. The monoisotopic (exact) mass is 312 g/mol. The lowest BCUT2D eigenvalue weighted by atomic mass is 10.3. The van der Waals surface area contributed by atoms with Crippen molar-refractivity contribution in [1.82, 2.24) is 14.9 Å². The molecule has 0 amide bonds. The molecule has 2 rings (SSSR count). The molecule has 4 nitrogen and oxygen atoms in total. The Morgan fingerprint density at radius 2 is 2.11 bits per heavy atom. The number of rotatable bonds is 4. The molecule has 0 unspecified atom stereocenters. The van der Waals surface area contributed by atoms with E-state index in [0.29, 0.717) is 0 Å². The molecule has 1 saturated heterocycles. The van der Waals surface area contributed by atoms with Crippen molar-refractivity contribution in [3.63, 3.8) is 0 Å². The van der Waals surface area contributed by atoms with Crippen molar-refractivity contribution in [2.45, 2.75) is 19.8 Å². The van der Waals surface area contributed by atoms with Gasteiger partial charge in [0.2, 0.25) is 0 Å². The third-order valence-electron chi connectivity index (χ3n) is 3.38.